The van der Waals surface area contributed by atoms with Crippen molar-refractivity contribution in [3.63, 3.8) is 0 Å². The third-order valence-electron chi connectivity index (χ3n) is 8.19. The maximum atomic E-state index is 14.1. The number of hydrogen-bond donors (Lipinski definition) is 0. The van der Waals surface area contributed by atoms with Crippen molar-refractivity contribution in [1.82, 2.24) is 9.47 Å². The van der Waals surface area contributed by atoms with Gasteiger partial charge in [-0.2, -0.15) is 0 Å². The van der Waals surface area contributed by atoms with E-state index < -0.39 is 0 Å². The molecule has 1 aliphatic carbocycles. The van der Waals surface area contributed by atoms with Crippen LogP contribution in [0.4, 0.5) is 5.69 Å². The van der Waals surface area contributed by atoms with Crippen molar-refractivity contribution in [2.75, 3.05) is 0 Å². The maximum absolute atomic E-state index is 14.1. The molecule has 3 aromatic carbocycles. The zero-order valence-electron chi connectivity index (χ0n) is 22.9. The van der Waals surface area contributed by atoms with E-state index in [4.69, 9.17) is 4.99 Å². The van der Waals surface area contributed by atoms with Crippen LogP contribution in [0.1, 0.15) is 55.0 Å². The number of nitrogens with zero attached hydrogens (tertiary/aromatic N) is 3. The van der Waals surface area contributed by atoms with Gasteiger partial charge in [0.2, 0.25) is 0 Å². The van der Waals surface area contributed by atoms with Crippen LogP contribution in [-0.2, 0) is 11.3 Å². The van der Waals surface area contributed by atoms with Gasteiger partial charge in [-0.25, -0.2) is 4.99 Å². The molecule has 4 nitrogen and oxygen atoms in total. The largest absolute Gasteiger partial charge is 0.340 e. The summed E-state index contributed by atoms with van der Waals surface area (Å²) in [5.74, 6) is 0.546. The summed E-state index contributed by atoms with van der Waals surface area (Å²) in [5.41, 5.74) is 6.90. The van der Waals surface area contributed by atoms with E-state index in [1.165, 1.54) is 45.9 Å². The van der Waals surface area contributed by atoms with Crippen molar-refractivity contribution in [2.24, 2.45) is 10.9 Å². The predicted molar refractivity (Wildman–Crippen MR) is 164 cm³/mol. The second kappa shape index (κ2) is 10.9. The number of rotatable bonds is 5. The molecule has 1 saturated heterocycles. The summed E-state index contributed by atoms with van der Waals surface area (Å²) >= 11 is 1.52. The molecule has 2 atom stereocenters. The Morgan fingerprint density at radius 1 is 0.949 bits per heavy atom. The lowest BCUT2D eigenvalue weighted by molar-refractivity contribution is -0.124. The molecular weight excluding hydrogens is 498 g/mol. The molecule has 2 heterocycles. The molecule has 0 unspecified atom stereocenters. The normalized spacial score (nSPS) is 21.9. The summed E-state index contributed by atoms with van der Waals surface area (Å²) in [6, 6.07) is 27.4. The number of carbonyl (C=O) groups excluding carboxylic acids is 1. The van der Waals surface area contributed by atoms with Crippen molar-refractivity contribution in [3.05, 3.63) is 106 Å². The molecule has 0 radical (unpaired) electrons. The lowest BCUT2D eigenvalue weighted by atomic mass is 9.85. The van der Waals surface area contributed by atoms with E-state index >= 15 is 0 Å². The smallest absolute Gasteiger partial charge is 0.267 e. The molecule has 2 aliphatic rings. The molecular formula is C34H35N3OS. The Balaban J connectivity index is 1.43. The number of fused-ring (bicyclic) bond motifs is 1. The quantitative estimate of drug-likeness (QED) is 0.241. The fourth-order valence-corrected chi connectivity index (χ4v) is 7.15. The fraction of sp³-hybridized carbons (Fsp3) is 0.294. The Morgan fingerprint density at radius 2 is 1.72 bits per heavy atom. The zero-order valence-corrected chi connectivity index (χ0v) is 23.7. The maximum Gasteiger partial charge on any atom is 0.267 e. The number of aliphatic imine (C=N–C) groups is 1. The highest BCUT2D eigenvalue weighted by Gasteiger charge is 2.41. The van der Waals surface area contributed by atoms with Gasteiger partial charge in [0.25, 0.3) is 5.91 Å². The number of carbonyl (C=O) groups is 1. The summed E-state index contributed by atoms with van der Waals surface area (Å²) in [5, 5.41) is 1.98. The highest BCUT2D eigenvalue weighted by Crippen LogP contribution is 2.41. The molecule has 1 amide bonds. The molecule has 39 heavy (non-hydrogen) atoms. The Morgan fingerprint density at radius 3 is 2.51 bits per heavy atom. The number of aromatic nitrogens is 1. The van der Waals surface area contributed by atoms with Crippen LogP contribution in [0.2, 0.25) is 0 Å². The van der Waals surface area contributed by atoms with Crippen LogP contribution < -0.4 is 0 Å². The summed E-state index contributed by atoms with van der Waals surface area (Å²) in [6.07, 6.45) is 6.70. The van der Waals surface area contributed by atoms with Crippen LogP contribution in [0, 0.1) is 19.8 Å². The molecule has 6 rings (SSSR count). The van der Waals surface area contributed by atoms with Gasteiger partial charge < -0.3 is 4.57 Å². The monoisotopic (exact) mass is 533 g/mol. The number of amides is 1. The Hall–Kier alpha value is -3.57. The summed E-state index contributed by atoms with van der Waals surface area (Å²) in [6.45, 7) is 7.39. The summed E-state index contributed by atoms with van der Waals surface area (Å²) in [4.78, 5) is 21.8. The van der Waals surface area contributed by atoms with Crippen LogP contribution in [-0.4, -0.2) is 26.6 Å². The van der Waals surface area contributed by atoms with Crippen molar-refractivity contribution in [2.45, 2.75) is 59.0 Å². The second-order valence-electron chi connectivity index (χ2n) is 10.9. The standard InChI is InChI=1S/C34H35N3OS/c1-23-12-11-14-26(20-23)22-36-25(3)29(28-17-8-10-19-31(28)36)21-32-33(38)37(30-18-9-7-13-24(30)2)34(39-32)35-27-15-5-4-6-16-27/h4-6,8,10-12,14-17,19-21,24,30H,7,9,13,18,22H2,1-3H3/b32-21-,35-34?/t24-,30-/m0/s1. The second-order valence-corrected chi connectivity index (χ2v) is 11.9. The van der Waals surface area contributed by atoms with Gasteiger partial charge in [-0.05, 0) is 74.2 Å². The van der Waals surface area contributed by atoms with Crippen molar-refractivity contribution >= 4 is 45.5 Å². The molecule has 0 bridgehead atoms. The average Bonchev–Trinajstić information content (AvgIpc) is 3.38. The highest BCUT2D eigenvalue weighted by molar-refractivity contribution is 8.18. The molecule has 198 valence electrons. The van der Waals surface area contributed by atoms with Gasteiger partial charge in [0.05, 0.1) is 10.6 Å². The highest BCUT2D eigenvalue weighted by atomic mass is 32.2. The lowest BCUT2D eigenvalue weighted by Crippen LogP contribution is -2.44. The van der Waals surface area contributed by atoms with Gasteiger partial charge in [0, 0.05) is 34.7 Å². The fourth-order valence-electron chi connectivity index (χ4n) is 6.12. The first kappa shape index (κ1) is 25.7. The van der Waals surface area contributed by atoms with Gasteiger partial charge in [-0.15, -0.1) is 0 Å². The van der Waals surface area contributed by atoms with E-state index in [0.29, 0.717) is 5.92 Å². The molecule has 1 saturated carbocycles. The molecule has 5 heteroatoms. The minimum absolute atomic E-state index is 0.0864. The van der Waals surface area contributed by atoms with E-state index in [-0.39, 0.29) is 11.9 Å². The Kier molecular flexibility index (Phi) is 7.18. The average molecular weight is 534 g/mol. The van der Waals surface area contributed by atoms with Crippen LogP contribution >= 0.6 is 11.8 Å². The van der Waals surface area contributed by atoms with Crippen LogP contribution in [0.25, 0.3) is 17.0 Å². The van der Waals surface area contributed by atoms with Gasteiger partial charge in [0.1, 0.15) is 0 Å². The molecule has 0 spiro atoms. The van der Waals surface area contributed by atoms with Crippen LogP contribution in [0.15, 0.2) is 88.8 Å². The van der Waals surface area contributed by atoms with E-state index in [1.807, 2.05) is 35.2 Å². The Bertz CT molecular complexity index is 1580. The molecule has 1 aliphatic heterocycles. The minimum atomic E-state index is 0.0864. The van der Waals surface area contributed by atoms with E-state index in [2.05, 4.69) is 79.9 Å². The molecule has 2 fully saturated rings. The van der Waals surface area contributed by atoms with Gasteiger partial charge in [0.15, 0.2) is 5.17 Å². The topological polar surface area (TPSA) is 37.6 Å². The number of aryl methyl sites for hydroxylation is 1. The van der Waals surface area contributed by atoms with Crippen LogP contribution in [0.3, 0.4) is 0 Å². The Labute approximate surface area is 235 Å². The number of amidine groups is 1. The van der Waals surface area contributed by atoms with Crippen molar-refractivity contribution in [3.8, 4) is 0 Å². The first-order chi connectivity index (χ1) is 19.0. The third kappa shape index (κ3) is 5.08. The minimum Gasteiger partial charge on any atom is -0.340 e. The number of hydrogen-bond acceptors (Lipinski definition) is 3. The molecule has 0 N–H and O–H groups in total. The number of thioether (sulfide) groups is 1. The first-order valence-corrected chi connectivity index (χ1v) is 14.8. The van der Waals surface area contributed by atoms with Crippen LogP contribution in [0.5, 0.6) is 0 Å². The zero-order chi connectivity index (χ0) is 26.9. The number of benzene rings is 3. The van der Waals surface area contributed by atoms with E-state index in [1.54, 1.807) is 0 Å². The van der Waals surface area contributed by atoms with Gasteiger partial charge in [-0.3, -0.25) is 9.69 Å². The van der Waals surface area contributed by atoms with Gasteiger partial charge in [-0.1, -0.05) is 86.0 Å². The predicted octanol–water partition coefficient (Wildman–Crippen LogP) is 8.49. The SMILES string of the molecule is Cc1cccc(Cn2c(C)c(/C=C3\SC(=Nc4ccccc4)N([C@H]4CCCC[C@@H]4C)C3=O)c3ccccc32)c1. The summed E-state index contributed by atoms with van der Waals surface area (Å²) in [7, 11) is 0. The first-order valence-electron chi connectivity index (χ1n) is 14.0. The third-order valence-corrected chi connectivity index (χ3v) is 9.18. The van der Waals surface area contributed by atoms with E-state index in [9.17, 15) is 4.79 Å². The summed E-state index contributed by atoms with van der Waals surface area (Å²) < 4.78 is 2.38. The molecule has 4 aromatic rings. The van der Waals surface area contributed by atoms with Crippen molar-refractivity contribution < 1.29 is 4.79 Å². The lowest BCUT2D eigenvalue weighted by Gasteiger charge is -2.35. The van der Waals surface area contributed by atoms with Gasteiger partial charge >= 0.3 is 0 Å². The molecule has 1 aromatic heterocycles. The van der Waals surface area contributed by atoms with Crippen molar-refractivity contribution in [1.29, 1.82) is 0 Å². The van der Waals surface area contributed by atoms with E-state index in [0.717, 1.165) is 47.1 Å². The number of para-hydroxylation sites is 2.